The van der Waals surface area contributed by atoms with Crippen molar-refractivity contribution in [3.8, 4) is 0 Å². The predicted molar refractivity (Wildman–Crippen MR) is 111 cm³/mol. The molecule has 2 atom stereocenters. The van der Waals surface area contributed by atoms with Crippen molar-refractivity contribution in [3.63, 3.8) is 0 Å². The number of carboxylic acids is 1. The highest BCUT2D eigenvalue weighted by Gasteiger charge is 2.40. The molecule has 30 heavy (non-hydrogen) atoms. The molecule has 0 aliphatic carbocycles. The van der Waals surface area contributed by atoms with E-state index in [-0.39, 0.29) is 22.5 Å². The third kappa shape index (κ3) is 3.66. The fraction of sp³-hybridized carbons (Fsp3) is 0.273. The topological polar surface area (TPSA) is 95.7 Å². The van der Waals surface area contributed by atoms with Gasteiger partial charge in [0.25, 0.3) is 0 Å². The summed E-state index contributed by atoms with van der Waals surface area (Å²) in [5.74, 6) is -2.15. The number of carboxylic acid groups (broad SMARTS) is 1. The quantitative estimate of drug-likeness (QED) is 0.656. The van der Waals surface area contributed by atoms with Crippen LogP contribution in [0.5, 0.6) is 0 Å². The molecule has 2 aromatic carbocycles. The average molecular weight is 430 g/mol. The molecule has 2 aliphatic heterocycles. The van der Waals surface area contributed by atoms with Crippen molar-refractivity contribution in [3.05, 3.63) is 81.3 Å². The van der Waals surface area contributed by atoms with E-state index < -0.39 is 17.7 Å². The fourth-order valence-electron chi connectivity index (χ4n) is 4.04. The first-order chi connectivity index (χ1) is 14.4. The van der Waals surface area contributed by atoms with Gasteiger partial charge in [-0.3, -0.25) is 4.79 Å². The van der Waals surface area contributed by atoms with E-state index in [2.05, 4.69) is 5.32 Å². The molecule has 0 spiro atoms. The second-order valence-corrected chi connectivity index (χ2v) is 7.91. The van der Waals surface area contributed by atoms with Crippen molar-refractivity contribution in [1.29, 1.82) is 0 Å². The Hall–Kier alpha value is -2.90. The number of halogens is 2. The van der Waals surface area contributed by atoms with Crippen LogP contribution in [0, 0.1) is 5.82 Å². The highest BCUT2D eigenvalue weighted by molar-refractivity contribution is 6.30. The number of amides is 1. The predicted octanol–water partition coefficient (Wildman–Crippen LogP) is 3.05. The molecule has 4 rings (SSSR count). The van der Waals surface area contributed by atoms with E-state index in [4.69, 9.17) is 22.4 Å². The molecule has 156 valence electrons. The average Bonchev–Trinajstić information content (AvgIpc) is 3.05. The minimum atomic E-state index is -0.967. The molecule has 0 aromatic heterocycles. The Kier molecular flexibility index (Phi) is 5.49. The zero-order chi connectivity index (χ0) is 21.4. The van der Waals surface area contributed by atoms with Crippen molar-refractivity contribution in [2.75, 3.05) is 19.6 Å². The lowest BCUT2D eigenvalue weighted by Crippen LogP contribution is -2.35. The summed E-state index contributed by atoms with van der Waals surface area (Å²) in [6, 6.07) is 11.1. The molecular weight excluding hydrogens is 409 g/mol. The fourth-order valence-corrected chi connectivity index (χ4v) is 4.16. The number of rotatable bonds is 6. The zero-order valence-corrected chi connectivity index (χ0v) is 16.8. The molecule has 0 saturated carbocycles. The number of hydrogen-bond donors (Lipinski definition) is 3. The molecule has 2 aromatic rings. The van der Waals surface area contributed by atoms with Crippen LogP contribution in [0.25, 0.3) is 0 Å². The van der Waals surface area contributed by atoms with Gasteiger partial charge in [-0.1, -0.05) is 29.8 Å². The molecule has 2 aliphatic rings. The molecule has 0 radical (unpaired) electrons. The summed E-state index contributed by atoms with van der Waals surface area (Å²) in [6.45, 7) is 1.25. The van der Waals surface area contributed by atoms with E-state index in [0.29, 0.717) is 31.6 Å². The molecule has 6 nitrogen and oxygen atoms in total. The number of nitrogens with two attached hydrogens (primary N) is 1. The van der Waals surface area contributed by atoms with Gasteiger partial charge in [0.1, 0.15) is 5.82 Å². The van der Waals surface area contributed by atoms with E-state index in [1.54, 1.807) is 35.2 Å². The molecule has 2 unspecified atom stereocenters. The standard InChI is InChI=1S/C22H21ClFN3O3/c23-17-6-5-14(9-18(17)24)15(7-8-25)21(28)27-10-16-19(11-27)26-20(16)12-1-3-13(4-2-12)22(29)30/h1-6,9,15,20,26H,7-8,10-11,25H2,(H,29,30). The van der Waals surface area contributed by atoms with Gasteiger partial charge in [0, 0.05) is 12.2 Å². The third-order valence-corrected chi connectivity index (χ3v) is 5.97. The number of carbonyl (C=O) groups excluding carboxylic acids is 1. The van der Waals surface area contributed by atoms with Crippen LogP contribution in [-0.2, 0) is 4.79 Å². The second-order valence-electron chi connectivity index (χ2n) is 7.51. The Morgan fingerprint density at radius 3 is 2.60 bits per heavy atom. The Balaban J connectivity index is 1.48. The van der Waals surface area contributed by atoms with Gasteiger partial charge in [0.15, 0.2) is 0 Å². The third-order valence-electron chi connectivity index (χ3n) is 5.67. The molecule has 0 bridgehead atoms. The van der Waals surface area contributed by atoms with E-state index in [9.17, 15) is 14.0 Å². The van der Waals surface area contributed by atoms with Crippen LogP contribution in [-0.4, -0.2) is 41.5 Å². The highest BCUT2D eigenvalue weighted by atomic mass is 35.5. The van der Waals surface area contributed by atoms with Gasteiger partial charge in [0.05, 0.1) is 29.1 Å². The van der Waals surface area contributed by atoms with Gasteiger partial charge in [-0.25, -0.2) is 9.18 Å². The number of hydrogen-bond acceptors (Lipinski definition) is 4. The van der Waals surface area contributed by atoms with E-state index in [1.807, 2.05) is 0 Å². The molecule has 8 heteroatoms. The maximum absolute atomic E-state index is 13.9. The molecule has 4 N–H and O–H groups in total. The highest BCUT2D eigenvalue weighted by Crippen LogP contribution is 2.39. The largest absolute Gasteiger partial charge is 0.478 e. The lowest BCUT2D eigenvalue weighted by atomic mass is 9.91. The van der Waals surface area contributed by atoms with Gasteiger partial charge >= 0.3 is 5.97 Å². The number of benzene rings is 2. The summed E-state index contributed by atoms with van der Waals surface area (Å²) in [7, 11) is 0. The summed E-state index contributed by atoms with van der Waals surface area (Å²) < 4.78 is 13.9. The lowest BCUT2D eigenvalue weighted by Gasteiger charge is -2.31. The molecule has 1 amide bonds. The Morgan fingerprint density at radius 2 is 1.97 bits per heavy atom. The van der Waals surface area contributed by atoms with Crippen LogP contribution in [0.4, 0.5) is 4.39 Å². The maximum atomic E-state index is 13.9. The van der Waals surface area contributed by atoms with Crippen LogP contribution in [0.1, 0.15) is 39.9 Å². The van der Waals surface area contributed by atoms with Gasteiger partial charge in [-0.05, 0) is 53.9 Å². The van der Waals surface area contributed by atoms with E-state index >= 15 is 0 Å². The number of nitrogens with one attached hydrogen (secondary N) is 1. The van der Waals surface area contributed by atoms with Crippen LogP contribution in [0.2, 0.25) is 5.02 Å². The Labute approximate surface area is 178 Å². The monoisotopic (exact) mass is 429 g/mol. The van der Waals surface area contributed by atoms with Crippen molar-refractivity contribution in [1.82, 2.24) is 10.2 Å². The summed E-state index contributed by atoms with van der Waals surface area (Å²) >= 11 is 5.77. The summed E-state index contributed by atoms with van der Waals surface area (Å²) in [5.41, 5.74) is 9.58. The molecule has 2 heterocycles. The van der Waals surface area contributed by atoms with Gasteiger partial charge in [-0.2, -0.15) is 0 Å². The minimum absolute atomic E-state index is 0.0176. The summed E-state index contributed by atoms with van der Waals surface area (Å²) in [4.78, 5) is 26.0. The minimum Gasteiger partial charge on any atom is -0.478 e. The first-order valence-corrected chi connectivity index (χ1v) is 10.0. The summed E-state index contributed by atoms with van der Waals surface area (Å²) in [5, 5.41) is 12.4. The normalized spacial score (nSPS) is 18.5. The maximum Gasteiger partial charge on any atom is 0.335 e. The number of nitrogens with zero attached hydrogens (tertiary/aromatic N) is 1. The lowest BCUT2D eigenvalue weighted by molar-refractivity contribution is -0.131. The summed E-state index contributed by atoms with van der Waals surface area (Å²) in [6.07, 6.45) is 0.411. The smallest absolute Gasteiger partial charge is 0.335 e. The Morgan fingerprint density at radius 1 is 1.23 bits per heavy atom. The molecular formula is C22H21ClFN3O3. The van der Waals surface area contributed by atoms with E-state index in [1.165, 1.54) is 12.1 Å². The van der Waals surface area contributed by atoms with Crippen molar-refractivity contribution in [2.45, 2.75) is 18.4 Å². The van der Waals surface area contributed by atoms with Gasteiger partial charge in [-0.15, -0.1) is 0 Å². The SMILES string of the molecule is NCCC(C(=O)N1CC2=C(C1)C(c1ccc(C(=O)O)cc1)N2)c1ccc(Cl)c(F)c1. The number of aromatic carboxylic acids is 1. The van der Waals surface area contributed by atoms with Crippen LogP contribution in [0.3, 0.4) is 0 Å². The van der Waals surface area contributed by atoms with Crippen LogP contribution in [0.15, 0.2) is 53.7 Å². The van der Waals surface area contributed by atoms with Gasteiger partial charge in [0.2, 0.25) is 5.91 Å². The van der Waals surface area contributed by atoms with Crippen molar-refractivity contribution in [2.24, 2.45) is 5.73 Å². The Bertz CT molecular complexity index is 1040. The van der Waals surface area contributed by atoms with Gasteiger partial charge < -0.3 is 21.1 Å². The molecule has 0 saturated heterocycles. The second kappa shape index (κ2) is 8.08. The first kappa shape index (κ1) is 20.4. The van der Waals surface area contributed by atoms with Crippen molar-refractivity contribution >= 4 is 23.5 Å². The number of carbonyl (C=O) groups is 2. The molecule has 0 fully saturated rings. The van der Waals surface area contributed by atoms with Crippen molar-refractivity contribution < 1.29 is 19.1 Å². The zero-order valence-electron chi connectivity index (χ0n) is 16.1. The van der Waals surface area contributed by atoms with Crippen LogP contribution >= 0.6 is 11.6 Å². The first-order valence-electron chi connectivity index (χ1n) is 9.64. The van der Waals surface area contributed by atoms with Crippen LogP contribution < -0.4 is 11.1 Å². The van der Waals surface area contributed by atoms with E-state index in [0.717, 1.165) is 16.8 Å².